The number of benzene rings is 2. The van der Waals surface area contributed by atoms with Crippen molar-refractivity contribution < 1.29 is 19.6 Å². The molecule has 3 rings (SSSR count). The molecule has 0 radical (unpaired) electrons. The fourth-order valence-corrected chi connectivity index (χ4v) is 4.11. The number of thiocarbonyl (C=S) groups is 1. The molecule has 142 valence electrons. The minimum atomic E-state index is -1.16. The van der Waals surface area contributed by atoms with Crippen molar-refractivity contribution in [3.63, 3.8) is 0 Å². The Labute approximate surface area is 169 Å². The van der Waals surface area contributed by atoms with Crippen LogP contribution in [0.2, 0.25) is 0 Å². The molecule has 1 aliphatic heterocycles. The van der Waals surface area contributed by atoms with Gasteiger partial charge in [0.2, 0.25) is 0 Å². The highest BCUT2D eigenvalue weighted by Crippen LogP contribution is 2.35. The number of thioether (sulfide) groups is 1. The van der Waals surface area contributed by atoms with Crippen molar-refractivity contribution in [2.75, 3.05) is 0 Å². The van der Waals surface area contributed by atoms with Gasteiger partial charge < -0.3 is 5.11 Å². The van der Waals surface area contributed by atoms with E-state index in [0.29, 0.717) is 5.56 Å². The Morgan fingerprint density at radius 2 is 1.96 bits per heavy atom. The third-order valence-corrected chi connectivity index (χ3v) is 5.40. The first-order valence-electron chi connectivity index (χ1n) is 8.15. The molecule has 1 atom stereocenters. The van der Waals surface area contributed by atoms with Crippen LogP contribution in [0.5, 0.6) is 0 Å². The largest absolute Gasteiger partial charge is 0.480 e. The van der Waals surface area contributed by atoms with Gasteiger partial charge in [-0.15, -0.1) is 0 Å². The summed E-state index contributed by atoms with van der Waals surface area (Å²) in [5, 5.41) is 20.6. The molecule has 0 aromatic heterocycles. The van der Waals surface area contributed by atoms with Crippen LogP contribution in [-0.4, -0.2) is 37.2 Å². The molecular formula is C19H14N2O5S2. The Hall–Kier alpha value is -3.04. The van der Waals surface area contributed by atoms with Crippen molar-refractivity contribution in [3.8, 4) is 0 Å². The van der Waals surface area contributed by atoms with Gasteiger partial charge in [-0.25, -0.2) is 4.79 Å². The van der Waals surface area contributed by atoms with Gasteiger partial charge in [0, 0.05) is 18.6 Å². The lowest BCUT2D eigenvalue weighted by Gasteiger charge is -2.23. The fourth-order valence-electron chi connectivity index (χ4n) is 2.75. The van der Waals surface area contributed by atoms with Crippen LogP contribution in [0.15, 0.2) is 59.5 Å². The van der Waals surface area contributed by atoms with E-state index in [0.717, 1.165) is 22.2 Å². The highest BCUT2D eigenvalue weighted by Gasteiger charge is 2.40. The number of carboxylic acid groups (broad SMARTS) is 1. The predicted molar refractivity (Wildman–Crippen MR) is 110 cm³/mol. The standard InChI is InChI=1S/C19H14N2O5S2/c22-17-16(11-13-7-4-8-14(9-13)21(25)26)28-19(27)20(17)15(18(23)24)10-12-5-2-1-3-6-12/h1-9,11,15H,10H2,(H,23,24)/b16-11+/t15-/m1/s1. The molecule has 1 N–H and O–H groups in total. The average molecular weight is 414 g/mol. The SMILES string of the molecule is O=C(O)[C@@H](Cc1ccccc1)N1C(=O)/C(=C\c2cccc([N+](=O)[O-])c2)SC1=S. The number of carbonyl (C=O) groups excluding carboxylic acids is 1. The van der Waals surface area contributed by atoms with E-state index in [1.807, 2.05) is 6.07 Å². The third kappa shape index (κ3) is 4.26. The number of carboxylic acids is 1. The number of non-ortho nitro benzene ring substituents is 1. The molecule has 1 fully saturated rings. The van der Waals surface area contributed by atoms with Gasteiger partial charge in [-0.3, -0.25) is 19.8 Å². The zero-order chi connectivity index (χ0) is 20.3. The number of nitro groups is 1. The van der Waals surface area contributed by atoms with Gasteiger partial charge >= 0.3 is 5.97 Å². The molecule has 9 heteroatoms. The molecule has 0 saturated carbocycles. The topological polar surface area (TPSA) is 101 Å². The normalized spacial score (nSPS) is 16.4. The van der Waals surface area contributed by atoms with E-state index < -0.39 is 22.8 Å². The maximum atomic E-state index is 12.8. The van der Waals surface area contributed by atoms with Crippen LogP contribution in [0, 0.1) is 10.1 Å². The molecule has 2 aromatic rings. The third-order valence-electron chi connectivity index (χ3n) is 4.07. The molecule has 0 spiro atoms. The van der Waals surface area contributed by atoms with Gasteiger partial charge in [0.1, 0.15) is 10.4 Å². The van der Waals surface area contributed by atoms with Gasteiger partial charge in [0.05, 0.1) is 9.83 Å². The highest BCUT2D eigenvalue weighted by atomic mass is 32.2. The smallest absolute Gasteiger partial charge is 0.327 e. The molecule has 7 nitrogen and oxygen atoms in total. The first kappa shape index (κ1) is 19.7. The van der Waals surface area contributed by atoms with Crippen LogP contribution < -0.4 is 0 Å². The van der Waals surface area contributed by atoms with Crippen molar-refractivity contribution in [3.05, 3.63) is 80.7 Å². The van der Waals surface area contributed by atoms with Crippen molar-refractivity contribution >= 4 is 51.9 Å². The number of hydrogen-bond donors (Lipinski definition) is 1. The Bertz CT molecular complexity index is 991. The van der Waals surface area contributed by atoms with E-state index in [1.165, 1.54) is 24.3 Å². The Balaban J connectivity index is 1.88. The lowest BCUT2D eigenvalue weighted by molar-refractivity contribution is -0.384. The first-order chi connectivity index (χ1) is 13.4. The second-order valence-corrected chi connectivity index (χ2v) is 7.62. The van der Waals surface area contributed by atoms with E-state index in [9.17, 15) is 24.8 Å². The minimum absolute atomic E-state index is 0.100. The number of hydrogen-bond acceptors (Lipinski definition) is 6. The summed E-state index contributed by atoms with van der Waals surface area (Å²) in [6.45, 7) is 0. The fraction of sp³-hybridized carbons (Fsp3) is 0.105. The van der Waals surface area contributed by atoms with Gasteiger partial charge in [0.15, 0.2) is 0 Å². The van der Waals surface area contributed by atoms with Crippen LogP contribution in [0.3, 0.4) is 0 Å². The van der Waals surface area contributed by atoms with Crippen molar-refractivity contribution in [2.45, 2.75) is 12.5 Å². The molecule has 1 aliphatic rings. The number of nitro benzene ring substituents is 1. The maximum Gasteiger partial charge on any atom is 0.327 e. The molecule has 2 aromatic carbocycles. The van der Waals surface area contributed by atoms with Gasteiger partial charge in [0.25, 0.3) is 11.6 Å². The summed E-state index contributed by atoms with van der Waals surface area (Å²) in [5.74, 6) is -1.68. The second-order valence-electron chi connectivity index (χ2n) is 5.95. The minimum Gasteiger partial charge on any atom is -0.480 e. The van der Waals surface area contributed by atoms with Crippen LogP contribution in [0.4, 0.5) is 5.69 Å². The van der Waals surface area contributed by atoms with Crippen molar-refractivity contribution in [1.82, 2.24) is 4.90 Å². The molecule has 0 bridgehead atoms. The Morgan fingerprint density at radius 1 is 1.25 bits per heavy atom. The summed E-state index contributed by atoms with van der Waals surface area (Å²) in [5.41, 5.74) is 1.13. The van der Waals surface area contributed by atoms with E-state index in [2.05, 4.69) is 0 Å². The van der Waals surface area contributed by atoms with E-state index in [-0.39, 0.29) is 21.3 Å². The van der Waals surface area contributed by atoms with Crippen molar-refractivity contribution in [1.29, 1.82) is 0 Å². The zero-order valence-corrected chi connectivity index (χ0v) is 16.0. The lowest BCUT2D eigenvalue weighted by atomic mass is 10.0. The molecule has 0 aliphatic carbocycles. The molecule has 1 saturated heterocycles. The van der Waals surface area contributed by atoms with Crippen LogP contribution in [0.25, 0.3) is 6.08 Å². The van der Waals surface area contributed by atoms with Crippen LogP contribution in [-0.2, 0) is 16.0 Å². The first-order valence-corrected chi connectivity index (χ1v) is 9.37. The zero-order valence-electron chi connectivity index (χ0n) is 14.3. The monoisotopic (exact) mass is 414 g/mol. The molecular weight excluding hydrogens is 400 g/mol. The maximum absolute atomic E-state index is 12.8. The van der Waals surface area contributed by atoms with Gasteiger partial charge in [-0.2, -0.15) is 0 Å². The second kappa shape index (κ2) is 8.32. The average Bonchev–Trinajstić information content (AvgIpc) is 2.94. The number of carbonyl (C=O) groups is 2. The van der Waals surface area contributed by atoms with E-state index in [1.54, 1.807) is 30.3 Å². The Morgan fingerprint density at radius 3 is 2.61 bits per heavy atom. The number of amides is 1. The molecule has 1 heterocycles. The quantitative estimate of drug-likeness (QED) is 0.334. The summed E-state index contributed by atoms with van der Waals surface area (Å²) in [6.07, 6.45) is 1.60. The number of nitrogens with zero attached hydrogens (tertiary/aromatic N) is 2. The van der Waals surface area contributed by atoms with E-state index in [4.69, 9.17) is 12.2 Å². The van der Waals surface area contributed by atoms with Gasteiger partial charge in [-0.05, 0) is 17.2 Å². The van der Waals surface area contributed by atoms with E-state index >= 15 is 0 Å². The number of rotatable bonds is 6. The molecule has 0 unspecified atom stereocenters. The van der Waals surface area contributed by atoms with Crippen LogP contribution in [0.1, 0.15) is 11.1 Å². The highest BCUT2D eigenvalue weighted by molar-refractivity contribution is 8.26. The summed E-state index contributed by atoms with van der Waals surface area (Å²) in [6, 6.07) is 13.7. The number of aliphatic carboxylic acids is 1. The molecule has 1 amide bonds. The summed E-state index contributed by atoms with van der Waals surface area (Å²) < 4.78 is 0.144. The lowest BCUT2D eigenvalue weighted by Crippen LogP contribution is -2.45. The Kier molecular flexibility index (Phi) is 5.86. The molecule has 28 heavy (non-hydrogen) atoms. The summed E-state index contributed by atoms with van der Waals surface area (Å²) >= 11 is 6.23. The van der Waals surface area contributed by atoms with Crippen molar-refractivity contribution in [2.24, 2.45) is 0 Å². The van der Waals surface area contributed by atoms with Gasteiger partial charge in [-0.1, -0.05) is 66.4 Å². The summed E-state index contributed by atoms with van der Waals surface area (Å²) in [4.78, 5) is 36.3. The predicted octanol–water partition coefficient (Wildman–Crippen LogP) is 3.49. The summed E-state index contributed by atoms with van der Waals surface area (Å²) in [7, 11) is 0. The van der Waals surface area contributed by atoms with Crippen LogP contribution >= 0.6 is 24.0 Å².